The molecule has 1 saturated carbocycles. The maximum absolute atomic E-state index is 12.2. The molecule has 2 rings (SSSR count). The number of amides is 1. The van der Waals surface area contributed by atoms with Crippen LogP contribution in [-0.4, -0.2) is 69.3 Å². The van der Waals surface area contributed by atoms with Crippen molar-refractivity contribution in [2.75, 3.05) is 39.8 Å². The molecule has 0 bridgehead atoms. The van der Waals surface area contributed by atoms with E-state index in [-0.39, 0.29) is 18.5 Å². The highest BCUT2D eigenvalue weighted by molar-refractivity contribution is 7.87. The molecule has 21 heavy (non-hydrogen) atoms. The normalized spacial score (nSPS) is 21.7. The van der Waals surface area contributed by atoms with E-state index in [1.54, 1.807) is 11.9 Å². The van der Waals surface area contributed by atoms with Crippen LogP contribution in [0.25, 0.3) is 0 Å². The van der Waals surface area contributed by atoms with Crippen LogP contribution in [0.4, 0.5) is 0 Å². The Hall–Kier alpha value is -0.700. The predicted molar refractivity (Wildman–Crippen MR) is 81.0 cm³/mol. The number of hydrogen-bond acceptors (Lipinski definition) is 4. The molecule has 2 fully saturated rings. The van der Waals surface area contributed by atoms with E-state index in [1.165, 1.54) is 10.7 Å². The fourth-order valence-corrected chi connectivity index (χ4v) is 4.03. The quantitative estimate of drug-likeness (QED) is 0.717. The summed E-state index contributed by atoms with van der Waals surface area (Å²) in [5.74, 6) is -0.155. The van der Waals surface area contributed by atoms with Gasteiger partial charge in [-0.25, -0.2) is 0 Å². The Labute approximate surface area is 127 Å². The van der Waals surface area contributed by atoms with E-state index in [4.69, 9.17) is 0 Å². The number of carbonyl (C=O) groups excluding carboxylic acids is 1. The molecule has 8 heteroatoms. The molecule has 0 unspecified atom stereocenters. The van der Waals surface area contributed by atoms with E-state index in [1.807, 2.05) is 0 Å². The average molecular weight is 318 g/mol. The van der Waals surface area contributed by atoms with Crippen LogP contribution >= 0.6 is 0 Å². The monoisotopic (exact) mass is 318 g/mol. The first-order chi connectivity index (χ1) is 10.0. The fourth-order valence-electron chi connectivity index (χ4n) is 2.92. The minimum absolute atomic E-state index is 0.0607. The standard InChI is InChI=1S/C13H26N4O3S/c1-16(12-5-3-2-4-6-12)21(19,20)15-11-13(18)17-9-7-14-8-10-17/h12,14-15H,2-11H2,1H3. The van der Waals surface area contributed by atoms with Crippen molar-refractivity contribution in [1.82, 2.24) is 19.2 Å². The molecular weight excluding hydrogens is 292 g/mol. The molecule has 122 valence electrons. The molecule has 0 spiro atoms. The van der Waals surface area contributed by atoms with Crippen molar-refractivity contribution in [3.8, 4) is 0 Å². The van der Waals surface area contributed by atoms with Crippen LogP contribution in [0.5, 0.6) is 0 Å². The third-order valence-electron chi connectivity index (χ3n) is 4.34. The van der Waals surface area contributed by atoms with E-state index < -0.39 is 10.2 Å². The van der Waals surface area contributed by atoms with Crippen LogP contribution in [0.15, 0.2) is 0 Å². The van der Waals surface area contributed by atoms with Crippen molar-refractivity contribution in [2.24, 2.45) is 0 Å². The number of rotatable bonds is 5. The highest BCUT2D eigenvalue weighted by Crippen LogP contribution is 2.22. The molecule has 0 aromatic heterocycles. The summed E-state index contributed by atoms with van der Waals surface area (Å²) >= 11 is 0. The van der Waals surface area contributed by atoms with Crippen LogP contribution in [0.3, 0.4) is 0 Å². The van der Waals surface area contributed by atoms with Gasteiger partial charge in [-0.3, -0.25) is 4.79 Å². The zero-order valence-electron chi connectivity index (χ0n) is 12.7. The Morgan fingerprint density at radius 3 is 2.48 bits per heavy atom. The summed E-state index contributed by atoms with van der Waals surface area (Å²) in [4.78, 5) is 13.7. The number of nitrogens with zero attached hydrogens (tertiary/aromatic N) is 2. The van der Waals surface area contributed by atoms with Crippen molar-refractivity contribution >= 4 is 16.1 Å². The maximum Gasteiger partial charge on any atom is 0.279 e. The molecule has 1 aliphatic heterocycles. The molecule has 0 aromatic carbocycles. The number of carbonyl (C=O) groups is 1. The first kappa shape index (κ1) is 16.7. The van der Waals surface area contributed by atoms with Gasteiger partial charge in [0.15, 0.2) is 0 Å². The summed E-state index contributed by atoms with van der Waals surface area (Å²) in [7, 11) is -1.97. The lowest BCUT2D eigenvalue weighted by Crippen LogP contribution is -2.51. The van der Waals surface area contributed by atoms with Gasteiger partial charge in [-0.05, 0) is 12.8 Å². The number of piperazine rings is 1. The highest BCUT2D eigenvalue weighted by Gasteiger charge is 2.28. The fraction of sp³-hybridized carbons (Fsp3) is 0.923. The molecule has 0 atom stereocenters. The minimum atomic E-state index is -3.57. The second-order valence-corrected chi connectivity index (χ2v) is 7.58. The van der Waals surface area contributed by atoms with Gasteiger partial charge < -0.3 is 10.2 Å². The summed E-state index contributed by atoms with van der Waals surface area (Å²) in [5, 5.41) is 3.16. The van der Waals surface area contributed by atoms with Gasteiger partial charge >= 0.3 is 0 Å². The Bertz CT molecular complexity index is 442. The van der Waals surface area contributed by atoms with Gasteiger partial charge in [0.2, 0.25) is 5.91 Å². The smallest absolute Gasteiger partial charge is 0.279 e. The van der Waals surface area contributed by atoms with Crippen LogP contribution in [0.1, 0.15) is 32.1 Å². The highest BCUT2D eigenvalue weighted by atomic mass is 32.2. The topological polar surface area (TPSA) is 81.8 Å². The molecular formula is C13H26N4O3S. The van der Waals surface area contributed by atoms with Crippen molar-refractivity contribution in [1.29, 1.82) is 0 Å². The number of nitrogens with one attached hydrogen (secondary N) is 2. The third-order valence-corrected chi connectivity index (χ3v) is 5.91. The largest absolute Gasteiger partial charge is 0.339 e. The second kappa shape index (κ2) is 7.53. The van der Waals surface area contributed by atoms with Crippen LogP contribution in [0, 0.1) is 0 Å². The second-order valence-electron chi connectivity index (χ2n) is 5.76. The van der Waals surface area contributed by atoms with Gasteiger partial charge in [0.25, 0.3) is 10.2 Å². The zero-order valence-corrected chi connectivity index (χ0v) is 13.5. The van der Waals surface area contributed by atoms with E-state index in [0.29, 0.717) is 13.1 Å². The molecule has 2 N–H and O–H groups in total. The van der Waals surface area contributed by atoms with Gasteiger partial charge in [0, 0.05) is 39.3 Å². The van der Waals surface area contributed by atoms with Crippen molar-refractivity contribution < 1.29 is 13.2 Å². The van der Waals surface area contributed by atoms with E-state index in [0.717, 1.165) is 38.8 Å². The lowest BCUT2D eigenvalue weighted by atomic mass is 9.96. The summed E-state index contributed by atoms with van der Waals surface area (Å²) in [6, 6.07) is 0.0607. The SMILES string of the molecule is CN(C1CCCCC1)S(=O)(=O)NCC(=O)N1CCNCC1. The van der Waals surface area contributed by atoms with Gasteiger partial charge in [-0.15, -0.1) is 0 Å². The van der Waals surface area contributed by atoms with E-state index >= 15 is 0 Å². The summed E-state index contributed by atoms with van der Waals surface area (Å²) < 4.78 is 28.3. The van der Waals surface area contributed by atoms with Crippen molar-refractivity contribution in [3.05, 3.63) is 0 Å². The Kier molecular flexibility index (Phi) is 5.98. The van der Waals surface area contributed by atoms with Gasteiger partial charge in [0.1, 0.15) is 0 Å². The Morgan fingerprint density at radius 2 is 1.86 bits per heavy atom. The van der Waals surface area contributed by atoms with E-state index in [2.05, 4.69) is 10.0 Å². The average Bonchev–Trinajstić information content (AvgIpc) is 2.53. The zero-order chi connectivity index (χ0) is 15.3. The summed E-state index contributed by atoms with van der Waals surface area (Å²) in [6.45, 7) is 2.65. The molecule has 0 aromatic rings. The van der Waals surface area contributed by atoms with Crippen LogP contribution in [-0.2, 0) is 15.0 Å². The number of hydrogen-bond donors (Lipinski definition) is 2. The summed E-state index contributed by atoms with van der Waals surface area (Å²) in [5.41, 5.74) is 0. The maximum atomic E-state index is 12.2. The lowest BCUT2D eigenvalue weighted by Gasteiger charge is -2.31. The van der Waals surface area contributed by atoms with Gasteiger partial charge in [-0.2, -0.15) is 17.4 Å². The molecule has 1 heterocycles. The van der Waals surface area contributed by atoms with Crippen molar-refractivity contribution in [3.63, 3.8) is 0 Å². The van der Waals surface area contributed by atoms with Crippen LogP contribution in [0.2, 0.25) is 0 Å². The van der Waals surface area contributed by atoms with Crippen molar-refractivity contribution in [2.45, 2.75) is 38.1 Å². The van der Waals surface area contributed by atoms with Gasteiger partial charge in [-0.1, -0.05) is 19.3 Å². The lowest BCUT2D eigenvalue weighted by molar-refractivity contribution is -0.130. The minimum Gasteiger partial charge on any atom is -0.339 e. The molecule has 2 aliphatic rings. The first-order valence-electron chi connectivity index (χ1n) is 7.72. The predicted octanol–water partition coefficient (Wildman–Crippen LogP) is -0.483. The molecule has 0 radical (unpaired) electrons. The molecule has 1 amide bonds. The van der Waals surface area contributed by atoms with Crippen LogP contribution < -0.4 is 10.0 Å². The molecule has 7 nitrogen and oxygen atoms in total. The molecule has 1 saturated heterocycles. The first-order valence-corrected chi connectivity index (χ1v) is 9.16. The summed E-state index contributed by atoms with van der Waals surface area (Å²) in [6.07, 6.45) is 5.14. The van der Waals surface area contributed by atoms with Gasteiger partial charge in [0.05, 0.1) is 6.54 Å². The Morgan fingerprint density at radius 1 is 1.24 bits per heavy atom. The van der Waals surface area contributed by atoms with E-state index in [9.17, 15) is 13.2 Å². The Balaban J connectivity index is 1.83. The molecule has 1 aliphatic carbocycles. The third kappa shape index (κ3) is 4.64.